The summed E-state index contributed by atoms with van der Waals surface area (Å²) >= 11 is 0. The second kappa shape index (κ2) is 10.9. The molecule has 1 amide bonds. The third kappa shape index (κ3) is 6.43. The van der Waals surface area contributed by atoms with Crippen LogP contribution in [0.2, 0.25) is 0 Å². The Morgan fingerprint density at radius 2 is 2.00 bits per heavy atom. The highest BCUT2D eigenvalue weighted by Gasteiger charge is 2.26. The van der Waals surface area contributed by atoms with E-state index in [4.69, 9.17) is 19.3 Å². The lowest BCUT2D eigenvalue weighted by Crippen LogP contribution is -2.42. The van der Waals surface area contributed by atoms with Gasteiger partial charge in [0.25, 0.3) is 0 Å². The van der Waals surface area contributed by atoms with E-state index in [-0.39, 0.29) is 30.9 Å². The molecule has 0 bridgehead atoms. The van der Waals surface area contributed by atoms with E-state index in [1.165, 1.54) is 7.11 Å². The number of aromatic nitrogens is 3. The fourth-order valence-electron chi connectivity index (χ4n) is 3.36. The zero-order chi connectivity index (χ0) is 23.1. The van der Waals surface area contributed by atoms with Gasteiger partial charge >= 0.3 is 12.1 Å². The average Bonchev–Trinajstić information content (AvgIpc) is 2.75. The van der Waals surface area contributed by atoms with E-state index >= 15 is 0 Å². The summed E-state index contributed by atoms with van der Waals surface area (Å²) in [5.74, 6) is 0.912. The highest BCUT2D eigenvalue weighted by molar-refractivity contribution is 5.67. The second-order valence-corrected chi connectivity index (χ2v) is 7.85. The Hall–Kier alpha value is -3.14. The molecule has 174 valence electrons. The number of piperidine rings is 1. The number of amides is 1. The number of aliphatic hydroxyl groups excluding tert-OH is 1. The Balaban J connectivity index is 1.65. The number of hydrogen-bond acceptors (Lipinski definition) is 9. The molecule has 2 aromatic rings. The minimum Gasteiger partial charge on any atom is -0.474 e. The van der Waals surface area contributed by atoms with Crippen molar-refractivity contribution >= 4 is 17.6 Å². The SMILES string of the molecule is COc1nc(Nc2ccc(CCO)nc2C)cc(OC2CCN(C(=O)OC(C)C)CC2)n1. The van der Waals surface area contributed by atoms with Crippen LogP contribution in [0.5, 0.6) is 11.9 Å². The standard InChI is InChI=1S/C22H31N5O5/c1-14(2)31-22(29)27-10-7-17(8-11-27)32-20-13-19(25-21(26-20)30-4)24-18-6-5-16(9-12-28)23-15(18)3/h5-6,13-14,17,28H,7-12H2,1-4H3,(H,24,25,26). The maximum absolute atomic E-state index is 12.1. The molecule has 0 aromatic carbocycles. The molecule has 3 heterocycles. The van der Waals surface area contributed by atoms with Gasteiger partial charge in [0.1, 0.15) is 11.9 Å². The first-order valence-electron chi connectivity index (χ1n) is 10.8. The molecule has 1 saturated heterocycles. The topological polar surface area (TPSA) is 119 Å². The summed E-state index contributed by atoms with van der Waals surface area (Å²) in [5, 5.41) is 12.3. The third-order valence-corrected chi connectivity index (χ3v) is 4.96. The summed E-state index contributed by atoms with van der Waals surface area (Å²) in [6.45, 7) is 6.74. The van der Waals surface area contributed by atoms with Gasteiger partial charge in [-0.1, -0.05) is 0 Å². The van der Waals surface area contributed by atoms with Crippen LogP contribution in [0.25, 0.3) is 0 Å². The van der Waals surface area contributed by atoms with E-state index in [0.717, 1.165) is 17.1 Å². The van der Waals surface area contributed by atoms with Crippen molar-refractivity contribution in [2.45, 2.75) is 52.2 Å². The van der Waals surface area contributed by atoms with Crippen molar-refractivity contribution in [1.82, 2.24) is 19.9 Å². The predicted molar refractivity (Wildman–Crippen MR) is 118 cm³/mol. The largest absolute Gasteiger partial charge is 0.474 e. The van der Waals surface area contributed by atoms with Crippen molar-refractivity contribution in [3.8, 4) is 11.9 Å². The summed E-state index contributed by atoms with van der Waals surface area (Å²) in [5.41, 5.74) is 2.40. The van der Waals surface area contributed by atoms with Crippen molar-refractivity contribution in [2.75, 3.05) is 32.1 Å². The molecule has 3 rings (SSSR count). The first-order chi connectivity index (χ1) is 15.4. The number of aryl methyl sites for hydroxylation is 1. The second-order valence-electron chi connectivity index (χ2n) is 7.85. The van der Waals surface area contributed by atoms with Crippen LogP contribution in [0.15, 0.2) is 18.2 Å². The van der Waals surface area contributed by atoms with E-state index in [9.17, 15) is 4.79 Å². The van der Waals surface area contributed by atoms with Gasteiger partial charge in [-0.2, -0.15) is 9.97 Å². The molecule has 0 atom stereocenters. The molecule has 0 spiro atoms. The molecule has 0 unspecified atom stereocenters. The quantitative estimate of drug-likeness (QED) is 0.632. The normalized spacial score (nSPS) is 14.4. The number of rotatable bonds is 8. The van der Waals surface area contributed by atoms with Crippen LogP contribution in [-0.2, 0) is 11.2 Å². The molecule has 0 radical (unpaired) electrons. The Morgan fingerprint density at radius 1 is 1.25 bits per heavy atom. The lowest BCUT2D eigenvalue weighted by Gasteiger charge is -2.31. The summed E-state index contributed by atoms with van der Waals surface area (Å²) < 4.78 is 16.6. The Kier molecular flexibility index (Phi) is 8.04. The van der Waals surface area contributed by atoms with Crippen LogP contribution in [0.4, 0.5) is 16.3 Å². The lowest BCUT2D eigenvalue weighted by atomic mass is 10.1. The molecule has 2 N–H and O–H groups in total. The number of pyridine rings is 1. The number of likely N-dealkylation sites (tertiary alicyclic amines) is 1. The molecule has 0 saturated carbocycles. The Morgan fingerprint density at radius 3 is 2.62 bits per heavy atom. The maximum atomic E-state index is 12.1. The Bertz CT molecular complexity index is 916. The summed E-state index contributed by atoms with van der Waals surface area (Å²) in [7, 11) is 1.50. The molecule has 0 aliphatic carbocycles. The van der Waals surface area contributed by atoms with Crippen molar-refractivity contribution in [3.05, 3.63) is 29.6 Å². The number of methoxy groups -OCH3 is 1. The zero-order valence-electron chi connectivity index (χ0n) is 19.0. The fraction of sp³-hybridized carbons (Fsp3) is 0.545. The third-order valence-electron chi connectivity index (χ3n) is 4.96. The van der Waals surface area contributed by atoms with Crippen LogP contribution >= 0.6 is 0 Å². The van der Waals surface area contributed by atoms with Gasteiger partial charge in [0.2, 0.25) is 5.88 Å². The zero-order valence-corrected chi connectivity index (χ0v) is 19.0. The van der Waals surface area contributed by atoms with E-state index in [1.807, 2.05) is 32.9 Å². The summed E-state index contributed by atoms with van der Waals surface area (Å²) in [6, 6.07) is 5.65. The molecule has 1 aliphatic rings. The lowest BCUT2D eigenvalue weighted by molar-refractivity contribution is 0.0506. The van der Waals surface area contributed by atoms with Crippen LogP contribution in [-0.4, -0.2) is 70.1 Å². The maximum Gasteiger partial charge on any atom is 0.410 e. The predicted octanol–water partition coefficient (Wildman–Crippen LogP) is 2.86. The number of ether oxygens (including phenoxy) is 3. The number of carbonyl (C=O) groups is 1. The molecular weight excluding hydrogens is 414 g/mol. The number of nitrogens with one attached hydrogen (secondary N) is 1. The molecule has 2 aromatic heterocycles. The highest BCUT2D eigenvalue weighted by atomic mass is 16.6. The van der Waals surface area contributed by atoms with Crippen molar-refractivity contribution in [2.24, 2.45) is 0 Å². The van der Waals surface area contributed by atoms with Crippen LogP contribution in [0.1, 0.15) is 38.1 Å². The summed E-state index contributed by atoms with van der Waals surface area (Å²) in [6.07, 6.45) is 1.36. The average molecular weight is 446 g/mol. The van der Waals surface area contributed by atoms with Crippen LogP contribution in [0.3, 0.4) is 0 Å². The molecule has 32 heavy (non-hydrogen) atoms. The van der Waals surface area contributed by atoms with Gasteiger partial charge in [0, 0.05) is 50.7 Å². The van der Waals surface area contributed by atoms with Gasteiger partial charge in [-0.15, -0.1) is 0 Å². The first kappa shape index (κ1) is 23.5. The molecule has 10 heteroatoms. The van der Waals surface area contributed by atoms with Gasteiger partial charge in [-0.05, 0) is 32.9 Å². The van der Waals surface area contributed by atoms with Gasteiger partial charge in [0.05, 0.1) is 24.6 Å². The minimum absolute atomic E-state index is 0.0564. The smallest absolute Gasteiger partial charge is 0.410 e. The molecule has 10 nitrogen and oxygen atoms in total. The van der Waals surface area contributed by atoms with Gasteiger partial charge in [0.15, 0.2) is 0 Å². The van der Waals surface area contributed by atoms with E-state index < -0.39 is 0 Å². The van der Waals surface area contributed by atoms with Crippen LogP contribution in [0, 0.1) is 6.92 Å². The summed E-state index contributed by atoms with van der Waals surface area (Å²) in [4.78, 5) is 26.9. The molecule has 1 fully saturated rings. The van der Waals surface area contributed by atoms with E-state index in [1.54, 1.807) is 11.0 Å². The number of nitrogens with zero attached hydrogens (tertiary/aromatic N) is 4. The number of hydrogen-bond donors (Lipinski definition) is 2. The van der Waals surface area contributed by atoms with Crippen molar-refractivity contribution in [3.63, 3.8) is 0 Å². The van der Waals surface area contributed by atoms with Gasteiger partial charge < -0.3 is 29.5 Å². The number of anilines is 2. The molecular formula is C22H31N5O5. The fourth-order valence-corrected chi connectivity index (χ4v) is 3.36. The first-order valence-corrected chi connectivity index (χ1v) is 10.8. The van der Waals surface area contributed by atoms with Gasteiger partial charge in [-0.3, -0.25) is 4.98 Å². The van der Waals surface area contributed by atoms with Crippen LogP contribution < -0.4 is 14.8 Å². The Labute approximate surface area is 187 Å². The van der Waals surface area contributed by atoms with E-state index in [2.05, 4.69) is 20.3 Å². The molecule has 1 aliphatic heterocycles. The van der Waals surface area contributed by atoms with Gasteiger partial charge in [-0.25, -0.2) is 4.79 Å². The number of aliphatic hydroxyl groups is 1. The monoisotopic (exact) mass is 445 g/mol. The van der Waals surface area contributed by atoms with Crippen molar-refractivity contribution < 1.29 is 24.1 Å². The number of carbonyl (C=O) groups excluding carboxylic acids is 1. The highest BCUT2D eigenvalue weighted by Crippen LogP contribution is 2.25. The van der Waals surface area contributed by atoms with E-state index in [0.29, 0.717) is 44.0 Å². The minimum atomic E-state index is -0.289. The van der Waals surface area contributed by atoms with Crippen molar-refractivity contribution in [1.29, 1.82) is 0 Å².